The van der Waals surface area contributed by atoms with E-state index in [2.05, 4.69) is 45.5 Å². The Balaban J connectivity index is 1.93. The normalized spacial score (nSPS) is 19.8. The molecule has 78 valence electrons. The zero-order valence-corrected chi connectivity index (χ0v) is 10.1. The van der Waals surface area contributed by atoms with Crippen LogP contribution in [0.4, 0.5) is 11.4 Å². The standard InChI is InChI=1S/C11H12N2S2/c1-13-5-8(11-3-2-4-15-11)12-9-6-14-7-10(9)13/h2-4,6-8,12H,5H2,1H3. The fraction of sp³-hybridized carbons (Fsp3) is 0.273. The zero-order valence-electron chi connectivity index (χ0n) is 8.43. The van der Waals surface area contributed by atoms with Gasteiger partial charge in [-0.05, 0) is 11.4 Å². The molecule has 0 fully saturated rings. The lowest BCUT2D eigenvalue weighted by Gasteiger charge is -2.32. The molecule has 4 heteroatoms. The van der Waals surface area contributed by atoms with Crippen LogP contribution in [-0.4, -0.2) is 13.6 Å². The average molecular weight is 236 g/mol. The third-order valence-corrected chi connectivity index (χ3v) is 4.44. The first-order valence-corrected chi connectivity index (χ1v) is 6.74. The van der Waals surface area contributed by atoms with E-state index in [0.29, 0.717) is 6.04 Å². The molecule has 1 aliphatic rings. The van der Waals surface area contributed by atoms with E-state index in [1.807, 2.05) is 11.3 Å². The second-order valence-electron chi connectivity index (χ2n) is 3.76. The molecule has 0 bridgehead atoms. The Morgan fingerprint density at radius 1 is 1.47 bits per heavy atom. The Hall–Kier alpha value is -1.00. The summed E-state index contributed by atoms with van der Waals surface area (Å²) in [6, 6.07) is 4.76. The lowest BCUT2D eigenvalue weighted by molar-refractivity contribution is 0.739. The lowest BCUT2D eigenvalue weighted by atomic mass is 10.1. The average Bonchev–Trinajstić information content (AvgIpc) is 2.88. The number of nitrogens with one attached hydrogen (secondary N) is 1. The van der Waals surface area contributed by atoms with Crippen molar-refractivity contribution in [3.05, 3.63) is 33.2 Å². The van der Waals surface area contributed by atoms with E-state index >= 15 is 0 Å². The molecule has 2 nitrogen and oxygen atoms in total. The summed E-state index contributed by atoms with van der Waals surface area (Å²) < 4.78 is 0. The first-order valence-electron chi connectivity index (χ1n) is 4.92. The molecule has 0 aromatic carbocycles. The van der Waals surface area contributed by atoms with Crippen LogP contribution in [0.5, 0.6) is 0 Å². The van der Waals surface area contributed by atoms with E-state index in [1.54, 1.807) is 11.3 Å². The second-order valence-corrected chi connectivity index (χ2v) is 5.49. The zero-order chi connectivity index (χ0) is 10.3. The van der Waals surface area contributed by atoms with Crippen LogP contribution in [-0.2, 0) is 0 Å². The fourth-order valence-electron chi connectivity index (χ4n) is 1.95. The minimum atomic E-state index is 0.442. The molecule has 0 spiro atoms. The number of nitrogens with zero attached hydrogens (tertiary/aromatic N) is 1. The summed E-state index contributed by atoms with van der Waals surface area (Å²) in [6.07, 6.45) is 0. The molecule has 1 unspecified atom stereocenters. The van der Waals surface area contributed by atoms with Crippen LogP contribution in [0.3, 0.4) is 0 Å². The molecular formula is C11H12N2S2. The smallest absolute Gasteiger partial charge is 0.0782 e. The van der Waals surface area contributed by atoms with Crippen molar-refractivity contribution in [3.8, 4) is 0 Å². The number of rotatable bonds is 1. The van der Waals surface area contributed by atoms with Gasteiger partial charge in [0.2, 0.25) is 0 Å². The van der Waals surface area contributed by atoms with Gasteiger partial charge in [-0.2, -0.15) is 0 Å². The number of anilines is 2. The van der Waals surface area contributed by atoms with Gasteiger partial charge in [0.05, 0.1) is 17.4 Å². The van der Waals surface area contributed by atoms with Gasteiger partial charge >= 0.3 is 0 Å². The van der Waals surface area contributed by atoms with Gasteiger partial charge in [-0.25, -0.2) is 0 Å². The highest BCUT2D eigenvalue weighted by Gasteiger charge is 2.23. The highest BCUT2D eigenvalue weighted by molar-refractivity contribution is 7.10. The highest BCUT2D eigenvalue weighted by Crippen LogP contribution is 2.38. The van der Waals surface area contributed by atoms with Gasteiger partial charge in [0, 0.05) is 29.2 Å². The molecule has 1 atom stereocenters. The predicted molar refractivity (Wildman–Crippen MR) is 68.3 cm³/mol. The predicted octanol–water partition coefficient (Wildman–Crippen LogP) is 3.41. The summed E-state index contributed by atoms with van der Waals surface area (Å²) >= 11 is 3.58. The third-order valence-electron chi connectivity index (χ3n) is 2.73. The summed E-state index contributed by atoms with van der Waals surface area (Å²) in [5.74, 6) is 0. The SMILES string of the molecule is CN1CC(c2cccs2)Nc2cscc21. The Morgan fingerprint density at radius 2 is 2.40 bits per heavy atom. The van der Waals surface area contributed by atoms with Crippen LogP contribution in [0.15, 0.2) is 28.3 Å². The summed E-state index contributed by atoms with van der Waals surface area (Å²) in [6.45, 7) is 1.05. The summed E-state index contributed by atoms with van der Waals surface area (Å²) in [5, 5.41) is 10.1. The van der Waals surface area contributed by atoms with Gasteiger partial charge in [0.15, 0.2) is 0 Å². The van der Waals surface area contributed by atoms with Gasteiger partial charge < -0.3 is 10.2 Å². The summed E-state index contributed by atoms with van der Waals surface area (Å²) in [5.41, 5.74) is 2.60. The van der Waals surface area contributed by atoms with Crippen molar-refractivity contribution in [1.29, 1.82) is 0 Å². The third kappa shape index (κ3) is 1.54. The molecule has 0 radical (unpaired) electrons. The maximum absolute atomic E-state index is 3.59. The molecular weight excluding hydrogens is 224 g/mol. The van der Waals surface area contributed by atoms with E-state index in [9.17, 15) is 0 Å². The van der Waals surface area contributed by atoms with Crippen molar-refractivity contribution in [1.82, 2.24) is 0 Å². The van der Waals surface area contributed by atoms with Crippen molar-refractivity contribution in [3.63, 3.8) is 0 Å². The molecule has 0 aliphatic carbocycles. The van der Waals surface area contributed by atoms with E-state index in [-0.39, 0.29) is 0 Å². The van der Waals surface area contributed by atoms with Crippen LogP contribution < -0.4 is 10.2 Å². The Kier molecular flexibility index (Phi) is 2.18. The second kappa shape index (κ2) is 3.54. The molecule has 2 aromatic rings. The number of likely N-dealkylation sites (N-methyl/N-ethyl adjacent to an activating group) is 1. The number of thiophene rings is 2. The summed E-state index contributed by atoms with van der Waals surface area (Å²) in [7, 11) is 2.16. The van der Waals surface area contributed by atoms with Gasteiger partial charge in [0.1, 0.15) is 0 Å². The highest BCUT2D eigenvalue weighted by atomic mass is 32.1. The molecule has 3 rings (SSSR count). The molecule has 0 amide bonds. The van der Waals surface area contributed by atoms with Gasteiger partial charge in [-0.15, -0.1) is 22.7 Å². The monoisotopic (exact) mass is 236 g/mol. The lowest BCUT2D eigenvalue weighted by Crippen LogP contribution is -2.32. The largest absolute Gasteiger partial charge is 0.373 e. The Bertz CT molecular complexity index is 447. The Morgan fingerprint density at radius 3 is 3.20 bits per heavy atom. The van der Waals surface area contributed by atoms with Gasteiger partial charge in [-0.1, -0.05) is 6.07 Å². The molecule has 2 aromatic heterocycles. The van der Waals surface area contributed by atoms with Crippen molar-refractivity contribution in [2.75, 3.05) is 23.8 Å². The first kappa shape index (κ1) is 9.24. The van der Waals surface area contributed by atoms with E-state index < -0.39 is 0 Å². The van der Waals surface area contributed by atoms with Crippen LogP contribution in [0.1, 0.15) is 10.9 Å². The molecule has 15 heavy (non-hydrogen) atoms. The quantitative estimate of drug-likeness (QED) is 0.816. The van der Waals surface area contributed by atoms with Gasteiger partial charge in [0.25, 0.3) is 0 Å². The van der Waals surface area contributed by atoms with E-state index in [4.69, 9.17) is 0 Å². The molecule has 0 saturated carbocycles. The van der Waals surface area contributed by atoms with Crippen molar-refractivity contribution < 1.29 is 0 Å². The van der Waals surface area contributed by atoms with Crippen LogP contribution in [0.25, 0.3) is 0 Å². The molecule has 1 N–H and O–H groups in total. The van der Waals surface area contributed by atoms with Gasteiger partial charge in [-0.3, -0.25) is 0 Å². The fourth-order valence-corrected chi connectivity index (χ4v) is 3.55. The van der Waals surface area contributed by atoms with Crippen molar-refractivity contribution in [2.45, 2.75) is 6.04 Å². The van der Waals surface area contributed by atoms with E-state index in [1.165, 1.54) is 16.3 Å². The molecule has 1 aliphatic heterocycles. The maximum atomic E-state index is 3.59. The van der Waals surface area contributed by atoms with Crippen LogP contribution in [0.2, 0.25) is 0 Å². The molecule has 0 saturated heterocycles. The van der Waals surface area contributed by atoms with Crippen molar-refractivity contribution in [2.24, 2.45) is 0 Å². The van der Waals surface area contributed by atoms with Crippen LogP contribution >= 0.6 is 22.7 Å². The Labute approximate surface area is 97.2 Å². The van der Waals surface area contributed by atoms with Crippen molar-refractivity contribution >= 4 is 34.0 Å². The number of hydrogen-bond acceptors (Lipinski definition) is 4. The minimum Gasteiger partial charge on any atom is -0.373 e. The summed E-state index contributed by atoms with van der Waals surface area (Å²) in [4.78, 5) is 3.74. The first-order chi connectivity index (χ1) is 7.34. The minimum absolute atomic E-state index is 0.442. The maximum Gasteiger partial charge on any atom is 0.0782 e. The number of hydrogen-bond donors (Lipinski definition) is 1. The van der Waals surface area contributed by atoms with E-state index in [0.717, 1.165) is 6.54 Å². The van der Waals surface area contributed by atoms with Crippen LogP contribution in [0, 0.1) is 0 Å². The molecule has 3 heterocycles. The number of fused-ring (bicyclic) bond motifs is 1. The topological polar surface area (TPSA) is 15.3 Å².